The van der Waals surface area contributed by atoms with Crippen molar-refractivity contribution in [2.45, 2.75) is 33.2 Å². The average molecular weight is 415 g/mol. The highest BCUT2D eigenvalue weighted by atomic mass is 16.2. The molecule has 0 fully saturated rings. The molecule has 1 amide bonds. The Labute approximate surface area is 181 Å². The number of amides is 1. The zero-order chi connectivity index (χ0) is 21.8. The van der Waals surface area contributed by atoms with E-state index in [1.165, 1.54) is 10.2 Å². The van der Waals surface area contributed by atoms with E-state index in [0.29, 0.717) is 11.9 Å². The largest absolute Gasteiger partial charge is 0.355 e. The molecule has 4 aromatic rings. The molecule has 2 heterocycles. The fraction of sp³-hybridized carbons (Fsp3) is 0.240. The fourth-order valence-electron chi connectivity index (χ4n) is 3.96. The van der Waals surface area contributed by atoms with Crippen molar-refractivity contribution < 1.29 is 4.79 Å². The van der Waals surface area contributed by atoms with Crippen LogP contribution in [-0.4, -0.2) is 26.8 Å². The number of hydrogen-bond donors (Lipinski definition) is 1. The van der Waals surface area contributed by atoms with Crippen molar-refractivity contribution >= 4 is 16.7 Å². The topological polar surface area (TPSA) is 68.9 Å². The van der Waals surface area contributed by atoms with E-state index in [4.69, 9.17) is 0 Å². The van der Waals surface area contributed by atoms with E-state index in [2.05, 4.69) is 22.5 Å². The number of aryl methyl sites for hydroxylation is 3. The van der Waals surface area contributed by atoms with Gasteiger partial charge in [-0.1, -0.05) is 48.5 Å². The number of fused-ring (bicyclic) bond motifs is 1. The lowest BCUT2D eigenvalue weighted by atomic mass is 10.1. The van der Waals surface area contributed by atoms with Crippen LogP contribution in [0.15, 0.2) is 71.7 Å². The minimum Gasteiger partial charge on any atom is -0.355 e. The minimum atomic E-state index is -0.175. The Morgan fingerprint density at radius 1 is 0.968 bits per heavy atom. The summed E-state index contributed by atoms with van der Waals surface area (Å²) in [7, 11) is 0. The lowest BCUT2D eigenvalue weighted by Gasteiger charge is -2.10. The molecule has 4 rings (SSSR count). The highest BCUT2D eigenvalue weighted by molar-refractivity contribution is 5.88. The summed E-state index contributed by atoms with van der Waals surface area (Å²) < 4.78 is 3.30. The lowest BCUT2D eigenvalue weighted by Crippen LogP contribution is -2.29. The molecule has 0 radical (unpaired) electrons. The third-order valence-corrected chi connectivity index (χ3v) is 5.65. The van der Waals surface area contributed by atoms with Crippen LogP contribution in [0, 0.1) is 13.8 Å². The first-order valence-electron chi connectivity index (χ1n) is 10.5. The Morgan fingerprint density at radius 3 is 2.35 bits per heavy atom. The standard InChI is InChI=1S/C25H26N4O2/c1-18-22-16-27-29(21-13-7-4-8-14-21)25(31)24(22)19(2)28(18)17-23(30)26-15-9-12-20-10-5-3-6-11-20/h3-8,10-11,13-14,16H,9,12,15,17H2,1-2H3,(H,26,30). The maximum absolute atomic E-state index is 13.1. The van der Waals surface area contributed by atoms with Crippen molar-refractivity contribution in [2.75, 3.05) is 6.54 Å². The quantitative estimate of drug-likeness (QED) is 0.470. The van der Waals surface area contributed by atoms with Crippen molar-refractivity contribution in [3.63, 3.8) is 0 Å². The highest BCUT2D eigenvalue weighted by Gasteiger charge is 2.18. The first-order valence-corrected chi connectivity index (χ1v) is 10.5. The summed E-state index contributed by atoms with van der Waals surface area (Å²) in [6, 6.07) is 19.6. The molecule has 158 valence electrons. The summed E-state index contributed by atoms with van der Waals surface area (Å²) in [5.74, 6) is -0.0593. The Kier molecular flexibility index (Phi) is 5.98. The molecule has 31 heavy (non-hydrogen) atoms. The van der Waals surface area contributed by atoms with Gasteiger partial charge < -0.3 is 9.88 Å². The third kappa shape index (κ3) is 4.28. The van der Waals surface area contributed by atoms with E-state index in [1.54, 1.807) is 6.20 Å². The second-order valence-corrected chi connectivity index (χ2v) is 7.68. The number of carbonyl (C=O) groups excluding carboxylic acids is 1. The van der Waals surface area contributed by atoms with Gasteiger partial charge in [0.25, 0.3) is 5.56 Å². The molecule has 0 saturated carbocycles. The summed E-state index contributed by atoms with van der Waals surface area (Å²) >= 11 is 0. The van der Waals surface area contributed by atoms with Crippen LogP contribution in [0.2, 0.25) is 0 Å². The molecule has 0 atom stereocenters. The van der Waals surface area contributed by atoms with Gasteiger partial charge in [-0.15, -0.1) is 0 Å². The van der Waals surface area contributed by atoms with Gasteiger partial charge in [0.05, 0.1) is 17.3 Å². The predicted molar refractivity (Wildman–Crippen MR) is 123 cm³/mol. The van der Waals surface area contributed by atoms with Crippen LogP contribution < -0.4 is 10.9 Å². The molecule has 2 aromatic heterocycles. The number of nitrogens with zero attached hydrogens (tertiary/aromatic N) is 3. The van der Waals surface area contributed by atoms with Gasteiger partial charge >= 0.3 is 0 Å². The van der Waals surface area contributed by atoms with Crippen molar-refractivity contribution in [1.29, 1.82) is 0 Å². The van der Waals surface area contributed by atoms with Crippen molar-refractivity contribution in [2.24, 2.45) is 0 Å². The van der Waals surface area contributed by atoms with Crippen LogP contribution in [-0.2, 0) is 17.8 Å². The summed E-state index contributed by atoms with van der Waals surface area (Å²) in [6.07, 6.45) is 3.52. The molecule has 0 spiro atoms. The average Bonchev–Trinajstić information content (AvgIpc) is 3.03. The molecule has 1 N–H and O–H groups in total. The molecular weight excluding hydrogens is 388 g/mol. The minimum absolute atomic E-state index is 0.0593. The van der Waals surface area contributed by atoms with Crippen LogP contribution in [0.1, 0.15) is 23.4 Å². The van der Waals surface area contributed by atoms with Crippen LogP contribution in [0.5, 0.6) is 0 Å². The highest BCUT2D eigenvalue weighted by Crippen LogP contribution is 2.22. The van der Waals surface area contributed by atoms with Crippen LogP contribution in [0.4, 0.5) is 0 Å². The predicted octanol–water partition coefficient (Wildman–Crippen LogP) is 3.55. The molecule has 0 aliphatic carbocycles. The molecule has 0 aliphatic heterocycles. The number of carbonyl (C=O) groups is 1. The van der Waals surface area contributed by atoms with E-state index in [9.17, 15) is 9.59 Å². The monoisotopic (exact) mass is 414 g/mol. The van der Waals surface area contributed by atoms with Gasteiger partial charge in [0.15, 0.2) is 0 Å². The number of nitrogens with one attached hydrogen (secondary N) is 1. The molecule has 2 aromatic carbocycles. The second-order valence-electron chi connectivity index (χ2n) is 7.68. The Balaban J connectivity index is 1.49. The van der Waals surface area contributed by atoms with E-state index >= 15 is 0 Å². The molecule has 0 unspecified atom stereocenters. The van der Waals surface area contributed by atoms with Gasteiger partial charge in [-0.3, -0.25) is 9.59 Å². The van der Waals surface area contributed by atoms with Crippen LogP contribution in [0.3, 0.4) is 0 Å². The number of para-hydroxylation sites is 1. The SMILES string of the molecule is Cc1c2cnn(-c3ccccc3)c(=O)c2c(C)n1CC(=O)NCCCc1ccccc1. The van der Waals surface area contributed by atoms with Crippen molar-refractivity contribution in [3.05, 3.63) is 94.2 Å². The van der Waals surface area contributed by atoms with Gasteiger partial charge in [-0.2, -0.15) is 9.78 Å². The number of benzene rings is 2. The molecule has 0 saturated heterocycles. The molecular formula is C25H26N4O2. The zero-order valence-electron chi connectivity index (χ0n) is 17.8. The van der Waals surface area contributed by atoms with Gasteiger partial charge in [0, 0.05) is 23.3 Å². The third-order valence-electron chi connectivity index (χ3n) is 5.65. The molecule has 6 nitrogen and oxygen atoms in total. The molecule has 0 bridgehead atoms. The molecule has 0 aliphatic rings. The maximum Gasteiger partial charge on any atom is 0.281 e. The molecule has 6 heteroatoms. The number of aromatic nitrogens is 3. The zero-order valence-corrected chi connectivity index (χ0v) is 17.8. The fourth-order valence-corrected chi connectivity index (χ4v) is 3.96. The summed E-state index contributed by atoms with van der Waals surface area (Å²) in [4.78, 5) is 25.7. The van der Waals surface area contributed by atoms with E-state index in [0.717, 1.165) is 35.3 Å². The number of hydrogen-bond acceptors (Lipinski definition) is 3. The Hall–Kier alpha value is -3.67. The normalized spacial score (nSPS) is 11.0. The number of rotatable bonds is 7. The summed E-state index contributed by atoms with van der Waals surface area (Å²) in [5.41, 5.74) is 3.46. The van der Waals surface area contributed by atoms with Crippen molar-refractivity contribution in [1.82, 2.24) is 19.7 Å². The van der Waals surface area contributed by atoms with E-state index in [-0.39, 0.29) is 18.0 Å². The lowest BCUT2D eigenvalue weighted by molar-refractivity contribution is -0.121. The van der Waals surface area contributed by atoms with Gasteiger partial charge in [0.2, 0.25) is 5.91 Å². The van der Waals surface area contributed by atoms with Gasteiger partial charge in [0.1, 0.15) is 6.54 Å². The van der Waals surface area contributed by atoms with Gasteiger partial charge in [-0.05, 0) is 44.4 Å². The maximum atomic E-state index is 13.1. The Bertz CT molecular complexity index is 1260. The van der Waals surface area contributed by atoms with E-state index < -0.39 is 0 Å². The smallest absolute Gasteiger partial charge is 0.281 e. The van der Waals surface area contributed by atoms with Crippen LogP contribution >= 0.6 is 0 Å². The van der Waals surface area contributed by atoms with E-state index in [1.807, 2.05) is 66.9 Å². The second kappa shape index (κ2) is 9.00. The van der Waals surface area contributed by atoms with Gasteiger partial charge in [-0.25, -0.2) is 0 Å². The van der Waals surface area contributed by atoms with Crippen molar-refractivity contribution in [3.8, 4) is 5.69 Å². The first kappa shape index (κ1) is 20.6. The summed E-state index contributed by atoms with van der Waals surface area (Å²) in [5, 5.41) is 8.73. The Morgan fingerprint density at radius 2 is 1.65 bits per heavy atom. The van der Waals surface area contributed by atoms with Crippen LogP contribution in [0.25, 0.3) is 16.5 Å². The first-order chi connectivity index (χ1) is 15.1. The summed E-state index contributed by atoms with van der Waals surface area (Å²) in [6.45, 7) is 4.61.